The lowest BCUT2D eigenvalue weighted by molar-refractivity contribution is 0.415. The highest BCUT2D eigenvalue weighted by Gasteiger charge is 2.20. The van der Waals surface area contributed by atoms with Gasteiger partial charge in [-0.15, -0.1) is 0 Å². The van der Waals surface area contributed by atoms with E-state index < -0.39 is 0 Å². The van der Waals surface area contributed by atoms with Crippen molar-refractivity contribution >= 4 is 46.4 Å². The van der Waals surface area contributed by atoms with Crippen LogP contribution in [0.2, 0.25) is 20.1 Å². The zero-order chi connectivity index (χ0) is 15.6. The second-order valence-corrected chi connectivity index (χ2v) is 6.05. The number of nitrogens with one attached hydrogen (secondary N) is 1. The Labute approximate surface area is 143 Å². The maximum atomic E-state index is 6.34. The van der Waals surface area contributed by atoms with Gasteiger partial charge in [0.05, 0.1) is 18.2 Å². The highest BCUT2D eigenvalue weighted by atomic mass is 35.5. The molecule has 1 N–H and O–H groups in total. The summed E-state index contributed by atoms with van der Waals surface area (Å²) < 4.78 is 5.16. The van der Waals surface area contributed by atoms with Gasteiger partial charge in [0.1, 0.15) is 5.75 Å². The number of benzene rings is 2. The molecule has 2 nitrogen and oxygen atoms in total. The summed E-state index contributed by atoms with van der Waals surface area (Å²) in [5.41, 5.74) is 1.63. The Kier molecular flexibility index (Phi) is 5.64. The SMILES string of the molecule is CNC(c1cc(Cl)ccc1Cl)c1cc(Cl)c(OC)cc1Cl. The molecule has 2 aromatic rings. The van der Waals surface area contributed by atoms with E-state index in [0.717, 1.165) is 11.1 Å². The molecule has 0 saturated carbocycles. The number of methoxy groups -OCH3 is 1. The Morgan fingerprint density at radius 3 is 2.19 bits per heavy atom. The Morgan fingerprint density at radius 1 is 0.905 bits per heavy atom. The van der Waals surface area contributed by atoms with Gasteiger partial charge in [-0.1, -0.05) is 46.4 Å². The Morgan fingerprint density at radius 2 is 1.57 bits per heavy atom. The monoisotopic (exact) mass is 363 g/mol. The number of halogens is 4. The van der Waals surface area contributed by atoms with Gasteiger partial charge in [0, 0.05) is 21.1 Å². The molecule has 2 rings (SSSR count). The second kappa shape index (κ2) is 7.08. The van der Waals surface area contributed by atoms with Crippen LogP contribution in [0, 0.1) is 0 Å². The third kappa shape index (κ3) is 3.58. The molecule has 1 unspecified atom stereocenters. The van der Waals surface area contributed by atoms with Crippen molar-refractivity contribution in [1.29, 1.82) is 0 Å². The molecular formula is C15H13Cl4NO. The fourth-order valence-electron chi connectivity index (χ4n) is 2.14. The fourth-order valence-corrected chi connectivity index (χ4v) is 3.06. The van der Waals surface area contributed by atoms with E-state index in [-0.39, 0.29) is 6.04 Å². The molecule has 0 saturated heterocycles. The molecule has 0 aliphatic rings. The standard InChI is InChI=1S/C15H13Cl4NO/c1-20-15(9-5-8(16)3-4-11(9)17)10-6-13(19)14(21-2)7-12(10)18/h3-7,15,20H,1-2H3. The number of rotatable bonds is 4. The number of hydrogen-bond donors (Lipinski definition) is 1. The Balaban J connectivity index is 2.56. The van der Waals surface area contributed by atoms with Crippen molar-refractivity contribution in [1.82, 2.24) is 5.32 Å². The van der Waals surface area contributed by atoms with Gasteiger partial charge in [-0.3, -0.25) is 0 Å². The predicted octanol–water partition coefficient (Wildman–Crippen LogP) is 5.62. The third-order valence-corrected chi connectivity index (χ3v) is 4.34. The van der Waals surface area contributed by atoms with Crippen LogP contribution in [0.4, 0.5) is 0 Å². The maximum absolute atomic E-state index is 6.34. The van der Waals surface area contributed by atoms with Crippen molar-refractivity contribution in [2.45, 2.75) is 6.04 Å². The van der Waals surface area contributed by atoms with Crippen LogP contribution in [0.3, 0.4) is 0 Å². The lowest BCUT2D eigenvalue weighted by Gasteiger charge is -2.21. The van der Waals surface area contributed by atoms with E-state index in [1.54, 1.807) is 37.4 Å². The lowest BCUT2D eigenvalue weighted by atomic mass is 9.98. The van der Waals surface area contributed by atoms with Crippen molar-refractivity contribution in [3.8, 4) is 5.75 Å². The van der Waals surface area contributed by atoms with Gasteiger partial charge in [-0.2, -0.15) is 0 Å². The average Bonchev–Trinajstić information content (AvgIpc) is 2.46. The summed E-state index contributed by atoms with van der Waals surface area (Å²) >= 11 is 24.9. The van der Waals surface area contributed by atoms with Gasteiger partial charge >= 0.3 is 0 Å². The number of ether oxygens (including phenoxy) is 1. The minimum Gasteiger partial charge on any atom is -0.495 e. The van der Waals surface area contributed by atoms with Crippen LogP contribution in [-0.4, -0.2) is 14.2 Å². The average molecular weight is 365 g/mol. The van der Waals surface area contributed by atoms with Crippen LogP contribution >= 0.6 is 46.4 Å². The molecule has 0 bridgehead atoms. The van der Waals surface area contributed by atoms with Crippen LogP contribution in [0.15, 0.2) is 30.3 Å². The first kappa shape index (κ1) is 16.7. The molecule has 0 aliphatic heterocycles. The quantitative estimate of drug-likeness (QED) is 0.760. The van der Waals surface area contributed by atoms with Crippen LogP contribution in [0.5, 0.6) is 5.75 Å². The van der Waals surface area contributed by atoms with Gasteiger partial charge < -0.3 is 10.1 Å². The second-order valence-electron chi connectivity index (χ2n) is 4.40. The Hall–Kier alpha value is -0.640. The molecule has 0 fully saturated rings. The normalized spacial score (nSPS) is 12.3. The molecule has 6 heteroatoms. The summed E-state index contributed by atoms with van der Waals surface area (Å²) in [5.74, 6) is 0.525. The molecular weight excluding hydrogens is 352 g/mol. The van der Waals surface area contributed by atoms with E-state index in [9.17, 15) is 0 Å². The van der Waals surface area contributed by atoms with Crippen molar-refractivity contribution in [2.75, 3.05) is 14.2 Å². The molecule has 0 amide bonds. The van der Waals surface area contributed by atoms with Crippen LogP contribution in [0.25, 0.3) is 0 Å². The lowest BCUT2D eigenvalue weighted by Crippen LogP contribution is -2.18. The summed E-state index contributed by atoms with van der Waals surface area (Å²) in [6.45, 7) is 0. The van der Waals surface area contributed by atoms with Gasteiger partial charge in [0.15, 0.2) is 0 Å². The topological polar surface area (TPSA) is 21.3 Å². The van der Waals surface area contributed by atoms with Crippen molar-refractivity contribution in [3.63, 3.8) is 0 Å². The molecule has 0 spiro atoms. The van der Waals surface area contributed by atoms with Crippen molar-refractivity contribution in [2.24, 2.45) is 0 Å². The van der Waals surface area contributed by atoms with Gasteiger partial charge in [0.25, 0.3) is 0 Å². The molecule has 0 aromatic heterocycles. The minimum atomic E-state index is -0.230. The van der Waals surface area contributed by atoms with Gasteiger partial charge in [-0.25, -0.2) is 0 Å². The van der Waals surface area contributed by atoms with E-state index in [0.29, 0.717) is 25.8 Å². The zero-order valence-corrected chi connectivity index (χ0v) is 14.4. The first-order chi connectivity index (χ1) is 9.97. The highest BCUT2D eigenvalue weighted by molar-refractivity contribution is 6.35. The molecule has 0 radical (unpaired) electrons. The molecule has 2 aromatic carbocycles. The van der Waals surface area contributed by atoms with E-state index in [1.807, 2.05) is 7.05 Å². The largest absolute Gasteiger partial charge is 0.495 e. The summed E-state index contributed by atoms with van der Waals surface area (Å²) in [4.78, 5) is 0. The van der Waals surface area contributed by atoms with E-state index in [4.69, 9.17) is 51.1 Å². The molecule has 112 valence electrons. The summed E-state index contributed by atoms with van der Waals surface area (Å²) in [6.07, 6.45) is 0. The summed E-state index contributed by atoms with van der Waals surface area (Å²) in [6, 6.07) is 8.51. The third-order valence-electron chi connectivity index (χ3n) is 3.14. The number of hydrogen-bond acceptors (Lipinski definition) is 2. The summed E-state index contributed by atoms with van der Waals surface area (Å²) in [7, 11) is 3.36. The molecule has 1 atom stereocenters. The van der Waals surface area contributed by atoms with Crippen LogP contribution in [0.1, 0.15) is 17.2 Å². The fraction of sp³-hybridized carbons (Fsp3) is 0.200. The first-order valence-electron chi connectivity index (χ1n) is 6.13. The van der Waals surface area contributed by atoms with Crippen molar-refractivity contribution in [3.05, 3.63) is 61.5 Å². The van der Waals surface area contributed by atoms with Gasteiger partial charge in [0.2, 0.25) is 0 Å². The highest BCUT2D eigenvalue weighted by Crippen LogP contribution is 2.38. The first-order valence-corrected chi connectivity index (χ1v) is 7.64. The van der Waals surface area contributed by atoms with E-state index in [1.165, 1.54) is 0 Å². The molecule has 0 heterocycles. The zero-order valence-electron chi connectivity index (χ0n) is 11.4. The maximum Gasteiger partial charge on any atom is 0.138 e. The summed E-state index contributed by atoms with van der Waals surface area (Å²) in [5, 5.41) is 5.40. The minimum absolute atomic E-state index is 0.230. The van der Waals surface area contributed by atoms with Crippen molar-refractivity contribution < 1.29 is 4.74 Å². The van der Waals surface area contributed by atoms with Crippen LogP contribution < -0.4 is 10.1 Å². The van der Waals surface area contributed by atoms with Crippen LogP contribution in [-0.2, 0) is 0 Å². The van der Waals surface area contributed by atoms with Gasteiger partial charge in [-0.05, 0) is 42.4 Å². The molecule has 21 heavy (non-hydrogen) atoms. The van der Waals surface area contributed by atoms with E-state index >= 15 is 0 Å². The molecule has 0 aliphatic carbocycles. The Bertz CT molecular complexity index is 660. The predicted molar refractivity (Wildman–Crippen MR) is 90.4 cm³/mol. The smallest absolute Gasteiger partial charge is 0.138 e. The van der Waals surface area contributed by atoms with E-state index in [2.05, 4.69) is 5.32 Å².